The highest BCUT2D eigenvalue weighted by atomic mass is 16.4. The average Bonchev–Trinajstić information content (AvgIpc) is 2.17. The zero-order chi connectivity index (χ0) is 9.26. The lowest BCUT2D eigenvalue weighted by Crippen LogP contribution is -2.35. The Labute approximate surface area is 79.3 Å². The summed E-state index contributed by atoms with van der Waals surface area (Å²) >= 11 is 0. The second kappa shape index (κ2) is 3.69. The number of carboxylic acids is 1. The maximum Gasteiger partial charge on any atom is 0.306 e. The molecule has 0 saturated heterocycles. The normalized spacial score (nSPS) is 39.5. The molecule has 0 aliphatic heterocycles. The summed E-state index contributed by atoms with van der Waals surface area (Å²) in [5.74, 6) is 0.694. The summed E-state index contributed by atoms with van der Waals surface area (Å²) in [6.07, 6.45) is 8.39. The molecule has 2 heteroatoms. The van der Waals surface area contributed by atoms with Crippen LogP contribution >= 0.6 is 0 Å². The molecule has 0 heterocycles. The molecule has 3 unspecified atom stereocenters. The second-order valence-electron chi connectivity index (χ2n) is 4.58. The molecule has 2 rings (SSSR count). The molecule has 0 aromatic carbocycles. The van der Waals surface area contributed by atoms with Crippen molar-refractivity contribution < 1.29 is 9.90 Å². The summed E-state index contributed by atoms with van der Waals surface area (Å²) in [7, 11) is 0. The largest absolute Gasteiger partial charge is 0.481 e. The van der Waals surface area contributed by atoms with Gasteiger partial charge in [0.05, 0.1) is 5.92 Å². The second-order valence-corrected chi connectivity index (χ2v) is 4.58. The highest BCUT2D eigenvalue weighted by molar-refractivity contribution is 5.70. The van der Waals surface area contributed by atoms with E-state index >= 15 is 0 Å². The summed E-state index contributed by atoms with van der Waals surface area (Å²) in [5.41, 5.74) is 0. The van der Waals surface area contributed by atoms with Crippen molar-refractivity contribution in [2.75, 3.05) is 0 Å². The van der Waals surface area contributed by atoms with Crippen molar-refractivity contribution in [2.45, 2.75) is 44.9 Å². The topological polar surface area (TPSA) is 37.3 Å². The van der Waals surface area contributed by atoms with Crippen LogP contribution in [-0.4, -0.2) is 11.1 Å². The molecule has 0 aromatic heterocycles. The van der Waals surface area contributed by atoms with E-state index < -0.39 is 5.97 Å². The number of carbonyl (C=O) groups is 1. The number of hydrogen-bond acceptors (Lipinski definition) is 1. The van der Waals surface area contributed by atoms with E-state index in [1.807, 2.05) is 0 Å². The summed E-state index contributed by atoms with van der Waals surface area (Å²) in [5, 5.41) is 9.08. The molecule has 2 aliphatic rings. The van der Waals surface area contributed by atoms with E-state index in [9.17, 15) is 4.79 Å². The Balaban J connectivity index is 2.06. The van der Waals surface area contributed by atoms with Crippen LogP contribution in [0.3, 0.4) is 0 Å². The first-order chi connectivity index (χ1) is 6.29. The molecular formula is C11H18O2. The van der Waals surface area contributed by atoms with E-state index in [0.29, 0.717) is 5.92 Å². The number of aliphatic carboxylic acids is 1. The van der Waals surface area contributed by atoms with Crippen molar-refractivity contribution in [1.29, 1.82) is 0 Å². The summed E-state index contributed by atoms with van der Waals surface area (Å²) < 4.78 is 0. The van der Waals surface area contributed by atoms with Crippen LogP contribution in [-0.2, 0) is 4.79 Å². The number of hydrogen-bond donors (Lipinski definition) is 1. The van der Waals surface area contributed by atoms with Gasteiger partial charge in [0.15, 0.2) is 0 Å². The van der Waals surface area contributed by atoms with Gasteiger partial charge in [0.1, 0.15) is 0 Å². The van der Waals surface area contributed by atoms with Gasteiger partial charge in [-0.15, -0.1) is 0 Å². The summed E-state index contributed by atoms with van der Waals surface area (Å²) in [6.45, 7) is 0. The highest BCUT2D eigenvalue weighted by Crippen LogP contribution is 2.43. The third kappa shape index (κ3) is 1.72. The standard InChI is InChI=1S/C11H18O2/c12-11(13)10-7-3-5-8-4-1-2-6-9(8)10/h8-10H,1-7H2,(H,12,13). The molecule has 0 aromatic rings. The Morgan fingerprint density at radius 3 is 2.46 bits per heavy atom. The first kappa shape index (κ1) is 9.04. The molecule has 74 valence electrons. The maximum absolute atomic E-state index is 11.0. The van der Waals surface area contributed by atoms with E-state index in [1.54, 1.807) is 0 Å². The van der Waals surface area contributed by atoms with Crippen LogP contribution < -0.4 is 0 Å². The minimum Gasteiger partial charge on any atom is -0.481 e. The van der Waals surface area contributed by atoms with Crippen molar-refractivity contribution in [3.8, 4) is 0 Å². The number of fused-ring (bicyclic) bond motifs is 1. The van der Waals surface area contributed by atoms with Crippen LogP contribution in [0.4, 0.5) is 0 Å². The first-order valence-electron chi connectivity index (χ1n) is 5.52. The lowest BCUT2D eigenvalue weighted by molar-refractivity contribution is -0.146. The van der Waals surface area contributed by atoms with Gasteiger partial charge >= 0.3 is 5.97 Å². The van der Waals surface area contributed by atoms with Crippen LogP contribution in [0.2, 0.25) is 0 Å². The van der Waals surface area contributed by atoms with Crippen LogP contribution in [0, 0.1) is 17.8 Å². The van der Waals surface area contributed by atoms with Crippen molar-refractivity contribution in [3.05, 3.63) is 0 Å². The summed E-state index contributed by atoms with van der Waals surface area (Å²) in [4.78, 5) is 11.0. The van der Waals surface area contributed by atoms with Crippen molar-refractivity contribution in [1.82, 2.24) is 0 Å². The quantitative estimate of drug-likeness (QED) is 0.677. The molecular weight excluding hydrogens is 164 g/mol. The third-order valence-corrected chi connectivity index (χ3v) is 3.89. The number of carboxylic acid groups (broad SMARTS) is 1. The Kier molecular flexibility index (Phi) is 2.56. The molecule has 0 bridgehead atoms. The fraction of sp³-hybridized carbons (Fsp3) is 0.909. The van der Waals surface area contributed by atoms with Gasteiger partial charge in [-0.05, 0) is 24.7 Å². The van der Waals surface area contributed by atoms with Crippen molar-refractivity contribution in [3.63, 3.8) is 0 Å². The molecule has 13 heavy (non-hydrogen) atoms. The molecule has 2 aliphatic carbocycles. The van der Waals surface area contributed by atoms with E-state index in [4.69, 9.17) is 5.11 Å². The van der Waals surface area contributed by atoms with Gasteiger partial charge in [-0.25, -0.2) is 0 Å². The predicted octanol–water partition coefficient (Wildman–Crippen LogP) is 2.68. The fourth-order valence-corrected chi connectivity index (χ4v) is 3.25. The molecule has 2 saturated carbocycles. The minimum absolute atomic E-state index is 0.0148. The molecule has 0 radical (unpaired) electrons. The van der Waals surface area contributed by atoms with Crippen molar-refractivity contribution >= 4 is 5.97 Å². The predicted molar refractivity (Wildman–Crippen MR) is 50.4 cm³/mol. The monoisotopic (exact) mass is 182 g/mol. The molecule has 0 amide bonds. The van der Waals surface area contributed by atoms with Crippen LogP contribution in [0.25, 0.3) is 0 Å². The molecule has 2 fully saturated rings. The average molecular weight is 182 g/mol. The Morgan fingerprint density at radius 1 is 1.00 bits per heavy atom. The van der Waals surface area contributed by atoms with Gasteiger partial charge in [-0.3, -0.25) is 4.79 Å². The molecule has 3 atom stereocenters. The van der Waals surface area contributed by atoms with Gasteiger partial charge in [0.25, 0.3) is 0 Å². The smallest absolute Gasteiger partial charge is 0.306 e. The van der Waals surface area contributed by atoms with Gasteiger partial charge < -0.3 is 5.11 Å². The van der Waals surface area contributed by atoms with E-state index in [-0.39, 0.29) is 5.92 Å². The Morgan fingerprint density at radius 2 is 1.69 bits per heavy atom. The van der Waals surface area contributed by atoms with E-state index in [2.05, 4.69) is 0 Å². The van der Waals surface area contributed by atoms with Gasteiger partial charge in [-0.2, -0.15) is 0 Å². The number of rotatable bonds is 1. The van der Waals surface area contributed by atoms with Crippen LogP contribution in [0.5, 0.6) is 0 Å². The maximum atomic E-state index is 11.0. The lowest BCUT2D eigenvalue weighted by Gasteiger charge is -2.39. The Hall–Kier alpha value is -0.530. The fourth-order valence-electron chi connectivity index (χ4n) is 3.25. The van der Waals surface area contributed by atoms with Crippen LogP contribution in [0.1, 0.15) is 44.9 Å². The van der Waals surface area contributed by atoms with Crippen molar-refractivity contribution in [2.24, 2.45) is 17.8 Å². The lowest BCUT2D eigenvalue weighted by atomic mass is 9.65. The van der Waals surface area contributed by atoms with E-state index in [1.165, 1.54) is 32.1 Å². The molecule has 2 nitrogen and oxygen atoms in total. The minimum atomic E-state index is -0.545. The van der Waals surface area contributed by atoms with Crippen LogP contribution in [0.15, 0.2) is 0 Å². The molecule has 1 N–H and O–H groups in total. The molecule has 0 spiro atoms. The SMILES string of the molecule is O=C(O)C1CCCC2CCCCC21. The van der Waals surface area contributed by atoms with E-state index in [0.717, 1.165) is 18.8 Å². The summed E-state index contributed by atoms with van der Waals surface area (Å²) in [6, 6.07) is 0. The zero-order valence-corrected chi connectivity index (χ0v) is 8.04. The van der Waals surface area contributed by atoms with Gasteiger partial charge in [0.2, 0.25) is 0 Å². The zero-order valence-electron chi connectivity index (χ0n) is 8.04. The first-order valence-corrected chi connectivity index (χ1v) is 5.52. The third-order valence-electron chi connectivity index (χ3n) is 3.89. The van der Waals surface area contributed by atoms with Gasteiger partial charge in [0, 0.05) is 0 Å². The van der Waals surface area contributed by atoms with Gasteiger partial charge in [-0.1, -0.05) is 32.1 Å². The highest BCUT2D eigenvalue weighted by Gasteiger charge is 2.38. The Bertz CT molecular complexity index is 198.